The molecule has 1 heterocycles. The molecular formula is C23H30ClN3O3. The first-order valence-electron chi connectivity index (χ1n) is 10.2. The Kier molecular flexibility index (Phi) is 7.82. The van der Waals surface area contributed by atoms with Gasteiger partial charge in [0, 0.05) is 54.6 Å². The highest BCUT2D eigenvalue weighted by molar-refractivity contribution is 6.30. The number of halogens is 1. The molecule has 0 unspecified atom stereocenters. The van der Waals surface area contributed by atoms with Crippen LogP contribution in [0.3, 0.4) is 0 Å². The molecule has 1 amide bonds. The minimum Gasteiger partial charge on any atom is -0.497 e. The van der Waals surface area contributed by atoms with Crippen molar-refractivity contribution in [3.63, 3.8) is 0 Å². The summed E-state index contributed by atoms with van der Waals surface area (Å²) in [5.74, 6) is 1.58. The number of ether oxygens (including phenoxy) is 2. The van der Waals surface area contributed by atoms with Crippen LogP contribution >= 0.6 is 11.6 Å². The molecule has 0 bridgehead atoms. The number of nitrogens with one attached hydrogen (secondary N) is 2. The number of amides is 1. The van der Waals surface area contributed by atoms with E-state index in [0.29, 0.717) is 17.6 Å². The fourth-order valence-electron chi connectivity index (χ4n) is 3.66. The second kappa shape index (κ2) is 10.5. The molecule has 162 valence electrons. The second-order valence-corrected chi connectivity index (χ2v) is 8.01. The molecule has 0 radical (unpaired) electrons. The maximum Gasteiger partial charge on any atom is 0.237 e. The monoisotopic (exact) mass is 431 g/mol. The van der Waals surface area contributed by atoms with Crippen molar-refractivity contribution in [3.05, 3.63) is 53.1 Å². The summed E-state index contributed by atoms with van der Waals surface area (Å²) in [5, 5.41) is 7.29. The number of rotatable bonds is 8. The number of carbonyl (C=O) groups excluding carboxylic acids is 1. The van der Waals surface area contributed by atoms with Gasteiger partial charge in [-0.25, -0.2) is 0 Å². The fourth-order valence-corrected chi connectivity index (χ4v) is 3.79. The van der Waals surface area contributed by atoms with E-state index in [1.54, 1.807) is 14.2 Å². The Bertz CT molecular complexity index is 814. The Hall–Kier alpha value is -2.44. The first-order chi connectivity index (χ1) is 14.5. The van der Waals surface area contributed by atoms with Gasteiger partial charge in [0.2, 0.25) is 5.91 Å². The predicted molar refractivity (Wildman–Crippen MR) is 121 cm³/mol. The summed E-state index contributed by atoms with van der Waals surface area (Å²) in [4.78, 5) is 14.8. The molecule has 1 aliphatic heterocycles. The van der Waals surface area contributed by atoms with E-state index >= 15 is 0 Å². The van der Waals surface area contributed by atoms with Crippen molar-refractivity contribution in [2.24, 2.45) is 0 Å². The van der Waals surface area contributed by atoms with E-state index in [1.807, 2.05) is 49.4 Å². The summed E-state index contributed by atoms with van der Waals surface area (Å²) in [6, 6.07) is 13.5. The summed E-state index contributed by atoms with van der Waals surface area (Å²) in [6.45, 7) is 4.22. The second-order valence-electron chi connectivity index (χ2n) is 7.58. The molecule has 0 spiro atoms. The van der Waals surface area contributed by atoms with Crippen molar-refractivity contribution >= 4 is 23.2 Å². The summed E-state index contributed by atoms with van der Waals surface area (Å²) in [7, 11) is 3.30. The van der Waals surface area contributed by atoms with Gasteiger partial charge in [0.15, 0.2) is 0 Å². The minimum atomic E-state index is -0.157. The van der Waals surface area contributed by atoms with E-state index < -0.39 is 0 Å². The summed E-state index contributed by atoms with van der Waals surface area (Å²) < 4.78 is 10.7. The highest BCUT2D eigenvalue weighted by Crippen LogP contribution is 2.27. The van der Waals surface area contributed by atoms with Crippen LogP contribution < -0.4 is 20.1 Å². The largest absolute Gasteiger partial charge is 0.497 e. The van der Waals surface area contributed by atoms with E-state index in [2.05, 4.69) is 15.5 Å². The quantitative estimate of drug-likeness (QED) is 0.662. The molecule has 1 saturated heterocycles. The topological polar surface area (TPSA) is 62.8 Å². The lowest BCUT2D eigenvalue weighted by Gasteiger charge is -2.36. The van der Waals surface area contributed by atoms with Gasteiger partial charge < -0.3 is 20.1 Å². The maximum atomic E-state index is 12.6. The van der Waals surface area contributed by atoms with Crippen LogP contribution in [0.1, 0.15) is 25.3 Å². The average molecular weight is 432 g/mol. The first-order valence-corrected chi connectivity index (χ1v) is 10.6. The number of methoxy groups -OCH3 is 2. The molecule has 30 heavy (non-hydrogen) atoms. The summed E-state index contributed by atoms with van der Waals surface area (Å²) in [5.41, 5.74) is 2.02. The standard InChI is InChI=1S/C23H30ClN3O3/c1-16(23(28)25-15-17-4-6-18(24)7-5-17)27-10-8-19(9-11-27)26-20-12-21(29-2)14-22(13-20)30-3/h4-7,12-14,16,19,26H,8-11,15H2,1-3H3,(H,25,28)/t16-/m0/s1. The molecule has 1 fully saturated rings. The van der Waals surface area contributed by atoms with E-state index in [0.717, 1.165) is 48.7 Å². The molecule has 1 aliphatic rings. The molecule has 2 aromatic rings. The third-order valence-corrected chi connectivity index (χ3v) is 5.81. The van der Waals surface area contributed by atoms with Crippen molar-refractivity contribution in [2.45, 2.75) is 38.4 Å². The Labute approximate surface area is 183 Å². The molecule has 2 aromatic carbocycles. The van der Waals surface area contributed by atoms with Crippen LogP contribution in [0, 0.1) is 0 Å². The van der Waals surface area contributed by atoms with Gasteiger partial charge in [-0.15, -0.1) is 0 Å². The van der Waals surface area contributed by atoms with E-state index in [-0.39, 0.29) is 11.9 Å². The average Bonchev–Trinajstić information content (AvgIpc) is 2.78. The van der Waals surface area contributed by atoms with Crippen LogP contribution in [-0.2, 0) is 11.3 Å². The summed E-state index contributed by atoms with van der Waals surface area (Å²) in [6.07, 6.45) is 1.93. The van der Waals surface area contributed by atoms with Gasteiger partial charge in [0.1, 0.15) is 11.5 Å². The SMILES string of the molecule is COc1cc(NC2CCN([C@@H](C)C(=O)NCc3ccc(Cl)cc3)CC2)cc(OC)c1. The Morgan fingerprint density at radius 3 is 2.27 bits per heavy atom. The number of nitrogens with zero attached hydrogens (tertiary/aromatic N) is 1. The number of hydrogen-bond acceptors (Lipinski definition) is 5. The van der Waals surface area contributed by atoms with Crippen molar-refractivity contribution in [1.82, 2.24) is 10.2 Å². The van der Waals surface area contributed by atoms with Crippen LogP contribution in [0.15, 0.2) is 42.5 Å². The van der Waals surface area contributed by atoms with E-state index in [4.69, 9.17) is 21.1 Å². The van der Waals surface area contributed by atoms with Crippen LogP contribution in [0.4, 0.5) is 5.69 Å². The molecule has 0 aromatic heterocycles. The third kappa shape index (κ3) is 6.03. The van der Waals surface area contributed by atoms with Crippen LogP contribution in [0.2, 0.25) is 5.02 Å². The third-order valence-electron chi connectivity index (χ3n) is 5.56. The van der Waals surface area contributed by atoms with E-state index in [1.165, 1.54) is 0 Å². The normalized spacial score (nSPS) is 16.0. The van der Waals surface area contributed by atoms with Crippen LogP contribution in [0.5, 0.6) is 11.5 Å². The summed E-state index contributed by atoms with van der Waals surface area (Å²) >= 11 is 5.91. The van der Waals surface area contributed by atoms with Gasteiger partial charge in [-0.05, 0) is 37.5 Å². The minimum absolute atomic E-state index is 0.0499. The van der Waals surface area contributed by atoms with E-state index in [9.17, 15) is 4.79 Å². The highest BCUT2D eigenvalue weighted by atomic mass is 35.5. The molecule has 2 N–H and O–H groups in total. The zero-order chi connectivity index (χ0) is 21.5. The maximum absolute atomic E-state index is 12.6. The molecule has 0 aliphatic carbocycles. The lowest BCUT2D eigenvalue weighted by atomic mass is 10.0. The zero-order valence-corrected chi connectivity index (χ0v) is 18.5. The van der Waals surface area contributed by atoms with Gasteiger partial charge in [-0.3, -0.25) is 9.69 Å². The number of anilines is 1. The number of piperidine rings is 1. The molecular weight excluding hydrogens is 402 g/mol. The van der Waals surface area contributed by atoms with Gasteiger partial charge >= 0.3 is 0 Å². The molecule has 3 rings (SSSR count). The van der Waals surface area contributed by atoms with Gasteiger partial charge in [-0.1, -0.05) is 23.7 Å². The Morgan fingerprint density at radius 1 is 1.10 bits per heavy atom. The molecule has 1 atom stereocenters. The Balaban J connectivity index is 1.47. The number of hydrogen-bond donors (Lipinski definition) is 2. The first kappa shape index (κ1) is 22.2. The number of benzene rings is 2. The molecule has 0 saturated carbocycles. The van der Waals surface area contributed by atoms with Gasteiger partial charge in [0.25, 0.3) is 0 Å². The van der Waals surface area contributed by atoms with Crippen molar-refractivity contribution < 1.29 is 14.3 Å². The smallest absolute Gasteiger partial charge is 0.237 e. The van der Waals surface area contributed by atoms with Crippen molar-refractivity contribution in [3.8, 4) is 11.5 Å². The predicted octanol–water partition coefficient (Wildman–Crippen LogP) is 3.94. The number of likely N-dealkylation sites (tertiary alicyclic amines) is 1. The van der Waals surface area contributed by atoms with Crippen molar-refractivity contribution in [1.29, 1.82) is 0 Å². The Morgan fingerprint density at radius 2 is 1.70 bits per heavy atom. The highest BCUT2D eigenvalue weighted by Gasteiger charge is 2.26. The van der Waals surface area contributed by atoms with Crippen LogP contribution in [0.25, 0.3) is 0 Å². The van der Waals surface area contributed by atoms with Crippen molar-refractivity contribution in [2.75, 3.05) is 32.6 Å². The lowest BCUT2D eigenvalue weighted by Crippen LogP contribution is -2.49. The zero-order valence-electron chi connectivity index (χ0n) is 17.8. The van der Waals surface area contributed by atoms with Gasteiger partial charge in [0.05, 0.1) is 20.3 Å². The number of carbonyl (C=O) groups is 1. The van der Waals surface area contributed by atoms with Gasteiger partial charge in [-0.2, -0.15) is 0 Å². The fraction of sp³-hybridized carbons (Fsp3) is 0.435. The molecule has 7 heteroatoms. The molecule has 6 nitrogen and oxygen atoms in total. The lowest BCUT2D eigenvalue weighted by molar-refractivity contribution is -0.126. The van der Waals surface area contributed by atoms with Crippen LogP contribution in [-0.4, -0.2) is 50.2 Å².